The van der Waals surface area contributed by atoms with Gasteiger partial charge in [-0.05, 0) is 25.0 Å². The lowest BCUT2D eigenvalue weighted by molar-refractivity contribution is -0.384. The van der Waals surface area contributed by atoms with Crippen LogP contribution in [0, 0.1) is 15.9 Å². The number of ether oxygens (including phenoxy) is 1. The summed E-state index contributed by atoms with van der Waals surface area (Å²) in [4.78, 5) is 24.5. The number of benzene rings is 1. The van der Waals surface area contributed by atoms with E-state index in [4.69, 9.17) is 4.74 Å². The highest BCUT2D eigenvalue weighted by atomic mass is 19.1. The molecule has 0 aliphatic carbocycles. The number of hydrogen-bond acceptors (Lipinski definition) is 6. The molecule has 0 N–H and O–H groups in total. The quantitative estimate of drug-likeness (QED) is 0.478. The van der Waals surface area contributed by atoms with E-state index in [1.165, 1.54) is 23.0 Å². The summed E-state index contributed by atoms with van der Waals surface area (Å²) < 4.78 is 20.3. The molecular formula is C16H17FN4O4. The third-order valence-electron chi connectivity index (χ3n) is 4.07. The average Bonchev–Trinajstić information content (AvgIpc) is 3.01. The highest BCUT2D eigenvalue weighted by molar-refractivity contribution is 5.88. The van der Waals surface area contributed by atoms with Gasteiger partial charge in [0.05, 0.1) is 29.3 Å². The number of nitro benzene ring substituents is 1. The fourth-order valence-electron chi connectivity index (χ4n) is 2.91. The Morgan fingerprint density at radius 1 is 1.48 bits per heavy atom. The van der Waals surface area contributed by atoms with E-state index < -0.39 is 22.8 Å². The average molecular weight is 348 g/mol. The predicted octanol–water partition coefficient (Wildman–Crippen LogP) is 2.29. The van der Waals surface area contributed by atoms with Crippen LogP contribution in [0.5, 0.6) is 0 Å². The van der Waals surface area contributed by atoms with Gasteiger partial charge < -0.3 is 9.64 Å². The van der Waals surface area contributed by atoms with Crippen molar-refractivity contribution in [2.45, 2.75) is 18.9 Å². The van der Waals surface area contributed by atoms with Crippen LogP contribution in [0.2, 0.25) is 0 Å². The minimum Gasteiger partial charge on any atom is -0.457 e. The zero-order chi connectivity index (χ0) is 18.0. The van der Waals surface area contributed by atoms with Crippen molar-refractivity contribution < 1.29 is 18.8 Å². The Morgan fingerprint density at radius 3 is 2.96 bits per heavy atom. The Bertz CT molecular complexity index is 807. The molecule has 25 heavy (non-hydrogen) atoms. The molecule has 0 bridgehead atoms. The maximum atomic E-state index is 13.3. The first kappa shape index (κ1) is 16.9. The molecule has 132 valence electrons. The van der Waals surface area contributed by atoms with Crippen LogP contribution in [0.25, 0.3) is 0 Å². The predicted molar refractivity (Wildman–Crippen MR) is 86.9 cm³/mol. The number of aromatic nitrogens is 2. The summed E-state index contributed by atoms with van der Waals surface area (Å²) in [5.74, 6) is -1.14. The van der Waals surface area contributed by atoms with Gasteiger partial charge in [-0.2, -0.15) is 5.10 Å². The minimum atomic E-state index is -0.660. The smallest absolute Gasteiger partial charge is 0.341 e. The third kappa shape index (κ3) is 3.76. The molecule has 0 spiro atoms. The number of carbonyl (C=O) groups excluding carboxylic acids is 1. The van der Waals surface area contributed by atoms with E-state index in [0.717, 1.165) is 6.07 Å². The van der Waals surface area contributed by atoms with E-state index in [9.17, 15) is 19.3 Å². The third-order valence-corrected chi connectivity index (χ3v) is 4.07. The molecular weight excluding hydrogens is 331 g/mol. The number of nitrogens with zero attached hydrogens (tertiary/aromatic N) is 4. The Balaban J connectivity index is 1.73. The van der Waals surface area contributed by atoms with E-state index in [1.54, 1.807) is 18.1 Å². The number of aryl methyl sites for hydroxylation is 1. The van der Waals surface area contributed by atoms with Gasteiger partial charge in [-0.3, -0.25) is 14.8 Å². The Morgan fingerprint density at radius 2 is 2.28 bits per heavy atom. The first-order chi connectivity index (χ1) is 11.9. The molecule has 1 atom stereocenters. The van der Waals surface area contributed by atoms with Gasteiger partial charge in [0.15, 0.2) is 0 Å². The first-order valence-electron chi connectivity index (χ1n) is 7.82. The maximum absolute atomic E-state index is 13.3. The van der Waals surface area contributed by atoms with E-state index in [0.29, 0.717) is 37.2 Å². The molecule has 8 nitrogen and oxygen atoms in total. The fraction of sp³-hybridized carbons (Fsp3) is 0.375. The molecule has 1 aromatic carbocycles. The van der Waals surface area contributed by atoms with Gasteiger partial charge in [0, 0.05) is 19.8 Å². The summed E-state index contributed by atoms with van der Waals surface area (Å²) in [6.07, 6.45) is 3.96. The summed E-state index contributed by atoms with van der Waals surface area (Å²) in [6.45, 7) is 0.895. The van der Waals surface area contributed by atoms with Crippen molar-refractivity contribution in [3.8, 4) is 0 Å². The normalized spacial score (nSPS) is 17.4. The molecule has 9 heteroatoms. The lowest BCUT2D eigenvalue weighted by Crippen LogP contribution is -2.40. The minimum absolute atomic E-state index is 0.292. The van der Waals surface area contributed by atoms with Crippen molar-refractivity contribution in [3.63, 3.8) is 0 Å². The molecule has 0 radical (unpaired) electrons. The van der Waals surface area contributed by atoms with Crippen LogP contribution in [0.1, 0.15) is 23.2 Å². The molecule has 1 aromatic heterocycles. The van der Waals surface area contributed by atoms with E-state index >= 15 is 0 Å². The number of hydrogen-bond donors (Lipinski definition) is 0. The second-order valence-corrected chi connectivity index (χ2v) is 5.91. The Kier molecular flexibility index (Phi) is 4.64. The number of anilines is 1. The molecule has 2 aromatic rings. The monoisotopic (exact) mass is 348 g/mol. The standard InChI is InChI=1S/C16H17FN4O4/c1-19-9-11(8-18-19)16(22)25-13-3-2-6-20(10-13)14-5-4-12(17)7-15(14)21(23)24/h4-5,7-9,13H,2-3,6,10H2,1H3/t13-/m1/s1. The van der Waals surface area contributed by atoms with Crippen LogP contribution < -0.4 is 4.90 Å². The van der Waals surface area contributed by atoms with E-state index in [1.807, 2.05) is 0 Å². The summed E-state index contributed by atoms with van der Waals surface area (Å²) >= 11 is 0. The van der Waals surface area contributed by atoms with Crippen molar-refractivity contribution in [3.05, 3.63) is 52.1 Å². The SMILES string of the molecule is Cn1cc(C(=O)O[C@@H]2CCCN(c3ccc(F)cc3[N+](=O)[O-])C2)cn1. The highest BCUT2D eigenvalue weighted by Crippen LogP contribution is 2.31. The van der Waals surface area contributed by atoms with Crippen molar-refractivity contribution in [2.24, 2.45) is 7.05 Å². The van der Waals surface area contributed by atoms with E-state index in [2.05, 4.69) is 5.10 Å². The van der Waals surface area contributed by atoms with Gasteiger partial charge >= 0.3 is 5.97 Å². The molecule has 1 fully saturated rings. The fourth-order valence-corrected chi connectivity index (χ4v) is 2.91. The lowest BCUT2D eigenvalue weighted by atomic mass is 10.1. The number of carbonyl (C=O) groups is 1. The van der Waals surface area contributed by atoms with Crippen LogP contribution in [0.15, 0.2) is 30.6 Å². The largest absolute Gasteiger partial charge is 0.457 e. The van der Waals surface area contributed by atoms with Crippen LogP contribution in [-0.2, 0) is 11.8 Å². The topological polar surface area (TPSA) is 90.5 Å². The highest BCUT2D eigenvalue weighted by Gasteiger charge is 2.28. The van der Waals surface area contributed by atoms with E-state index in [-0.39, 0.29) is 5.69 Å². The van der Waals surface area contributed by atoms with Crippen molar-refractivity contribution in [1.29, 1.82) is 0 Å². The molecule has 0 amide bonds. The van der Waals surface area contributed by atoms with Crippen LogP contribution >= 0.6 is 0 Å². The van der Waals surface area contributed by atoms with Crippen LogP contribution in [0.3, 0.4) is 0 Å². The first-order valence-corrected chi connectivity index (χ1v) is 7.82. The molecule has 1 saturated heterocycles. The van der Waals surface area contributed by atoms with Crippen LogP contribution in [0.4, 0.5) is 15.8 Å². The van der Waals surface area contributed by atoms with Gasteiger partial charge in [-0.1, -0.05) is 0 Å². The van der Waals surface area contributed by atoms with Crippen LogP contribution in [-0.4, -0.2) is 39.9 Å². The molecule has 0 unspecified atom stereocenters. The number of halogens is 1. The zero-order valence-electron chi connectivity index (χ0n) is 13.6. The molecule has 1 aliphatic rings. The summed E-state index contributed by atoms with van der Waals surface area (Å²) in [5, 5.41) is 15.1. The Labute approximate surface area is 142 Å². The zero-order valence-corrected chi connectivity index (χ0v) is 13.6. The number of nitro groups is 1. The maximum Gasteiger partial charge on any atom is 0.341 e. The van der Waals surface area contributed by atoms with Crippen molar-refractivity contribution in [2.75, 3.05) is 18.0 Å². The molecule has 0 saturated carbocycles. The van der Waals surface area contributed by atoms with Gasteiger partial charge in [-0.25, -0.2) is 9.18 Å². The summed E-state index contributed by atoms with van der Waals surface area (Å²) in [5.41, 5.74) is 0.389. The van der Waals surface area contributed by atoms with Gasteiger partial charge in [-0.15, -0.1) is 0 Å². The molecule has 2 heterocycles. The number of rotatable bonds is 4. The number of esters is 1. The second kappa shape index (κ2) is 6.88. The van der Waals surface area contributed by atoms with Crippen molar-refractivity contribution >= 4 is 17.3 Å². The summed E-state index contributed by atoms with van der Waals surface area (Å²) in [7, 11) is 1.70. The second-order valence-electron chi connectivity index (χ2n) is 5.91. The van der Waals surface area contributed by atoms with Gasteiger partial charge in [0.25, 0.3) is 5.69 Å². The number of piperidine rings is 1. The molecule has 1 aliphatic heterocycles. The molecule has 3 rings (SSSR count). The van der Waals surface area contributed by atoms with Crippen molar-refractivity contribution in [1.82, 2.24) is 9.78 Å². The van der Waals surface area contributed by atoms with Gasteiger partial charge in [0.2, 0.25) is 0 Å². The van der Waals surface area contributed by atoms with Gasteiger partial charge in [0.1, 0.15) is 17.6 Å². The summed E-state index contributed by atoms with van der Waals surface area (Å²) in [6, 6.07) is 3.48. The Hall–Kier alpha value is -2.97. The lowest BCUT2D eigenvalue weighted by Gasteiger charge is -2.33.